The van der Waals surface area contributed by atoms with Gasteiger partial charge in [-0.3, -0.25) is 4.79 Å². The van der Waals surface area contributed by atoms with Crippen molar-refractivity contribution in [1.29, 1.82) is 0 Å². The summed E-state index contributed by atoms with van der Waals surface area (Å²) in [7, 11) is 0. The molecule has 92 valence electrons. The molecule has 1 aliphatic rings. The fraction of sp³-hybridized carbons (Fsp3) is 0.417. The van der Waals surface area contributed by atoms with Gasteiger partial charge in [-0.2, -0.15) is 0 Å². The lowest BCUT2D eigenvalue weighted by molar-refractivity contribution is -0.142. The number of rotatable bonds is 3. The lowest BCUT2D eigenvalue weighted by atomic mass is 10.1. The molecule has 5 heteroatoms. The van der Waals surface area contributed by atoms with Crippen LogP contribution in [-0.2, 0) is 9.53 Å². The number of halogens is 1. The largest absolute Gasteiger partial charge is 0.370 e. The number of nitrogens with zero attached hydrogens (tertiary/aromatic N) is 1. The summed E-state index contributed by atoms with van der Waals surface area (Å²) in [6.45, 7) is 1.43. The second kappa shape index (κ2) is 5.25. The standard InChI is InChI=1S/C12H15FN2O2/c13-10-4-2-1-3-9(10)11(14)7-15-5-6-17-8-12(15)16/h1-4,11H,5-8,14H2. The zero-order valence-electron chi connectivity index (χ0n) is 9.43. The highest BCUT2D eigenvalue weighted by molar-refractivity contribution is 5.78. The van der Waals surface area contributed by atoms with Crippen molar-refractivity contribution in [2.24, 2.45) is 5.73 Å². The van der Waals surface area contributed by atoms with E-state index in [2.05, 4.69) is 0 Å². The predicted octanol–water partition coefficient (Wildman–Crippen LogP) is 0.684. The number of ether oxygens (including phenoxy) is 1. The molecule has 1 aliphatic heterocycles. The molecule has 1 aromatic rings. The molecular weight excluding hydrogens is 223 g/mol. The summed E-state index contributed by atoms with van der Waals surface area (Å²) >= 11 is 0. The molecule has 1 atom stereocenters. The van der Waals surface area contributed by atoms with Crippen LogP contribution in [0.2, 0.25) is 0 Å². The van der Waals surface area contributed by atoms with Gasteiger partial charge in [0.15, 0.2) is 0 Å². The first kappa shape index (κ1) is 12.0. The van der Waals surface area contributed by atoms with Crippen molar-refractivity contribution in [2.45, 2.75) is 6.04 Å². The van der Waals surface area contributed by atoms with Crippen LogP contribution in [0.1, 0.15) is 11.6 Å². The van der Waals surface area contributed by atoms with E-state index in [1.165, 1.54) is 6.07 Å². The van der Waals surface area contributed by atoms with E-state index in [1.54, 1.807) is 23.1 Å². The number of amides is 1. The van der Waals surface area contributed by atoms with Gasteiger partial charge in [-0.15, -0.1) is 0 Å². The first-order chi connectivity index (χ1) is 8.18. The first-order valence-corrected chi connectivity index (χ1v) is 5.54. The van der Waals surface area contributed by atoms with Crippen molar-refractivity contribution >= 4 is 5.91 Å². The van der Waals surface area contributed by atoms with Crippen LogP contribution in [0, 0.1) is 5.82 Å². The summed E-state index contributed by atoms with van der Waals surface area (Å²) in [6.07, 6.45) is 0. The molecule has 0 bridgehead atoms. The summed E-state index contributed by atoms with van der Waals surface area (Å²) in [5, 5.41) is 0. The Labute approximate surface area is 99.2 Å². The third-order valence-corrected chi connectivity index (χ3v) is 2.81. The smallest absolute Gasteiger partial charge is 0.248 e. The van der Waals surface area contributed by atoms with Crippen molar-refractivity contribution in [3.63, 3.8) is 0 Å². The Kier molecular flexibility index (Phi) is 3.71. The van der Waals surface area contributed by atoms with E-state index < -0.39 is 6.04 Å². The fourth-order valence-corrected chi connectivity index (χ4v) is 1.85. The molecular formula is C12H15FN2O2. The third kappa shape index (κ3) is 2.81. The fourth-order valence-electron chi connectivity index (χ4n) is 1.85. The monoisotopic (exact) mass is 238 g/mol. The molecule has 1 heterocycles. The van der Waals surface area contributed by atoms with Crippen LogP contribution < -0.4 is 5.73 Å². The van der Waals surface area contributed by atoms with Crippen molar-refractivity contribution in [1.82, 2.24) is 4.90 Å². The van der Waals surface area contributed by atoms with Crippen LogP contribution >= 0.6 is 0 Å². The van der Waals surface area contributed by atoms with Crippen molar-refractivity contribution in [2.75, 3.05) is 26.3 Å². The number of hydrogen-bond donors (Lipinski definition) is 1. The van der Waals surface area contributed by atoms with Gasteiger partial charge in [0, 0.05) is 18.7 Å². The lowest BCUT2D eigenvalue weighted by Gasteiger charge is -2.29. The summed E-state index contributed by atoms with van der Waals surface area (Å²) < 4.78 is 18.5. The Bertz CT molecular complexity index is 411. The molecule has 0 spiro atoms. The van der Waals surface area contributed by atoms with E-state index in [0.717, 1.165) is 0 Å². The highest BCUT2D eigenvalue weighted by Crippen LogP contribution is 2.16. The zero-order valence-corrected chi connectivity index (χ0v) is 9.43. The molecule has 0 radical (unpaired) electrons. The molecule has 2 N–H and O–H groups in total. The van der Waals surface area contributed by atoms with E-state index in [4.69, 9.17) is 10.5 Å². The second-order valence-electron chi connectivity index (χ2n) is 4.02. The number of nitrogens with two attached hydrogens (primary N) is 1. The minimum atomic E-state index is -0.502. The average Bonchev–Trinajstić information content (AvgIpc) is 2.32. The predicted molar refractivity (Wildman–Crippen MR) is 60.7 cm³/mol. The molecule has 1 amide bonds. The normalized spacial score (nSPS) is 18.2. The van der Waals surface area contributed by atoms with Crippen LogP contribution in [0.4, 0.5) is 4.39 Å². The maximum absolute atomic E-state index is 13.5. The van der Waals surface area contributed by atoms with Gasteiger partial charge in [-0.25, -0.2) is 4.39 Å². The molecule has 1 unspecified atom stereocenters. The quantitative estimate of drug-likeness (QED) is 0.842. The van der Waals surface area contributed by atoms with E-state index >= 15 is 0 Å². The number of hydrogen-bond acceptors (Lipinski definition) is 3. The molecule has 1 saturated heterocycles. The maximum Gasteiger partial charge on any atom is 0.248 e. The van der Waals surface area contributed by atoms with Gasteiger partial charge in [0.25, 0.3) is 0 Å². The second-order valence-corrected chi connectivity index (χ2v) is 4.02. The van der Waals surface area contributed by atoms with E-state index in [1.807, 2.05) is 0 Å². The molecule has 2 rings (SSSR count). The number of benzene rings is 1. The SMILES string of the molecule is NC(CN1CCOCC1=O)c1ccccc1F. The van der Waals surface area contributed by atoms with Crippen LogP contribution in [0.15, 0.2) is 24.3 Å². The Morgan fingerprint density at radius 1 is 1.47 bits per heavy atom. The summed E-state index contributed by atoms with van der Waals surface area (Å²) in [5.41, 5.74) is 6.35. The van der Waals surface area contributed by atoms with Crippen molar-refractivity contribution < 1.29 is 13.9 Å². The van der Waals surface area contributed by atoms with Crippen molar-refractivity contribution in [3.8, 4) is 0 Å². The number of carbonyl (C=O) groups excluding carboxylic acids is 1. The minimum Gasteiger partial charge on any atom is -0.370 e. The van der Waals surface area contributed by atoms with Gasteiger partial charge in [-0.1, -0.05) is 18.2 Å². The topological polar surface area (TPSA) is 55.6 Å². The highest BCUT2D eigenvalue weighted by Gasteiger charge is 2.22. The number of carbonyl (C=O) groups is 1. The maximum atomic E-state index is 13.5. The summed E-state index contributed by atoms with van der Waals surface area (Å²) in [4.78, 5) is 13.1. The minimum absolute atomic E-state index is 0.0873. The van der Waals surface area contributed by atoms with Crippen LogP contribution in [-0.4, -0.2) is 37.1 Å². The molecule has 1 aromatic carbocycles. The Balaban J connectivity index is 2.03. The van der Waals surface area contributed by atoms with Gasteiger partial charge in [0.1, 0.15) is 12.4 Å². The molecule has 1 fully saturated rings. The van der Waals surface area contributed by atoms with Gasteiger partial charge >= 0.3 is 0 Å². The van der Waals surface area contributed by atoms with Gasteiger partial charge < -0.3 is 15.4 Å². The average molecular weight is 238 g/mol. The van der Waals surface area contributed by atoms with E-state index in [0.29, 0.717) is 25.3 Å². The molecule has 0 aliphatic carbocycles. The van der Waals surface area contributed by atoms with Gasteiger partial charge in [-0.05, 0) is 6.07 Å². The summed E-state index contributed by atoms with van der Waals surface area (Å²) in [5.74, 6) is -0.427. The lowest BCUT2D eigenvalue weighted by Crippen LogP contribution is -2.44. The van der Waals surface area contributed by atoms with Crippen LogP contribution in [0.5, 0.6) is 0 Å². The molecule has 0 saturated carbocycles. The molecule has 17 heavy (non-hydrogen) atoms. The van der Waals surface area contributed by atoms with Gasteiger partial charge in [0.05, 0.1) is 12.6 Å². The van der Waals surface area contributed by atoms with Gasteiger partial charge in [0.2, 0.25) is 5.91 Å². The molecule has 0 aromatic heterocycles. The third-order valence-electron chi connectivity index (χ3n) is 2.81. The van der Waals surface area contributed by atoms with Crippen LogP contribution in [0.3, 0.4) is 0 Å². The highest BCUT2D eigenvalue weighted by atomic mass is 19.1. The van der Waals surface area contributed by atoms with E-state index in [9.17, 15) is 9.18 Å². The Morgan fingerprint density at radius 2 is 2.24 bits per heavy atom. The Morgan fingerprint density at radius 3 is 2.94 bits per heavy atom. The van der Waals surface area contributed by atoms with Crippen molar-refractivity contribution in [3.05, 3.63) is 35.6 Å². The first-order valence-electron chi connectivity index (χ1n) is 5.54. The summed E-state index contributed by atoms with van der Waals surface area (Å²) in [6, 6.07) is 5.87. The molecule has 4 nitrogen and oxygen atoms in total. The van der Waals surface area contributed by atoms with E-state index in [-0.39, 0.29) is 18.3 Å². The number of morpholine rings is 1. The zero-order chi connectivity index (χ0) is 12.3. The Hall–Kier alpha value is -1.46. The van der Waals surface area contributed by atoms with Crippen LogP contribution in [0.25, 0.3) is 0 Å².